The van der Waals surface area contributed by atoms with Crippen molar-refractivity contribution in [3.8, 4) is 5.75 Å². The monoisotopic (exact) mass is 382 g/mol. The number of carboxylic acid groups (broad SMARTS) is 1. The van der Waals surface area contributed by atoms with Gasteiger partial charge in [0.05, 0.1) is 19.8 Å². The Kier molecular flexibility index (Phi) is 5.87. The van der Waals surface area contributed by atoms with Gasteiger partial charge in [0.2, 0.25) is 5.79 Å². The summed E-state index contributed by atoms with van der Waals surface area (Å²) in [6.07, 6.45) is 2.67. The third kappa shape index (κ3) is 4.80. The number of carboxylic acids is 1. The first-order chi connectivity index (χ1) is 13.3. The standard InChI is InChI=1S/C23H26O5/c1-22(2,3)16-26-20-6-4-5-19(15-20)23(27-13-14-28-23)18-10-7-17(8-11-18)9-12-21(24)25/h4-12,15H,13-14,16H2,1-3H3,(H,24,25)/b12-9+. The molecular formula is C23H26O5. The summed E-state index contributed by atoms with van der Waals surface area (Å²) in [7, 11) is 0. The van der Waals surface area contributed by atoms with Crippen LogP contribution in [0.4, 0.5) is 0 Å². The van der Waals surface area contributed by atoms with Crippen LogP contribution in [0.3, 0.4) is 0 Å². The molecule has 2 aromatic carbocycles. The van der Waals surface area contributed by atoms with Crippen LogP contribution in [0.25, 0.3) is 6.08 Å². The molecule has 2 aromatic rings. The molecule has 0 aromatic heterocycles. The number of carbonyl (C=O) groups is 1. The predicted molar refractivity (Wildman–Crippen MR) is 107 cm³/mol. The van der Waals surface area contributed by atoms with Gasteiger partial charge in [-0.1, -0.05) is 57.2 Å². The average molecular weight is 382 g/mol. The lowest BCUT2D eigenvalue weighted by atomic mass is 9.95. The quantitative estimate of drug-likeness (QED) is 0.748. The molecule has 3 rings (SSSR count). The van der Waals surface area contributed by atoms with E-state index in [-0.39, 0.29) is 5.41 Å². The van der Waals surface area contributed by atoms with Crippen LogP contribution in [-0.2, 0) is 20.1 Å². The highest BCUT2D eigenvalue weighted by Crippen LogP contribution is 2.39. The van der Waals surface area contributed by atoms with Crippen LogP contribution in [0.1, 0.15) is 37.5 Å². The van der Waals surface area contributed by atoms with Gasteiger partial charge in [-0.25, -0.2) is 4.79 Å². The molecule has 0 radical (unpaired) electrons. The second-order valence-electron chi connectivity index (χ2n) is 7.98. The van der Waals surface area contributed by atoms with E-state index in [0.717, 1.165) is 28.5 Å². The van der Waals surface area contributed by atoms with Crippen molar-refractivity contribution in [1.29, 1.82) is 0 Å². The normalized spacial score (nSPS) is 16.4. The molecule has 1 fully saturated rings. The Labute approximate surface area is 165 Å². The van der Waals surface area contributed by atoms with Crippen LogP contribution >= 0.6 is 0 Å². The largest absolute Gasteiger partial charge is 0.493 e. The fourth-order valence-corrected chi connectivity index (χ4v) is 2.98. The van der Waals surface area contributed by atoms with Crippen LogP contribution in [0, 0.1) is 5.41 Å². The van der Waals surface area contributed by atoms with Gasteiger partial charge in [0.25, 0.3) is 0 Å². The number of hydrogen-bond donors (Lipinski definition) is 1. The van der Waals surface area contributed by atoms with Crippen molar-refractivity contribution >= 4 is 12.0 Å². The van der Waals surface area contributed by atoms with Crippen molar-refractivity contribution in [2.45, 2.75) is 26.6 Å². The summed E-state index contributed by atoms with van der Waals surface area (Å²) in [6.45, 7) is 7.98. The van der Waals surface area contributed by atoms with E-state index in [1.54, 1.807) is 6.08 Å². The molecule has 28 heavy (non-hydrogen) atoms. The summed E-state index contributed by atoms with van der Waals surface area (Å²) in [5.41, 5.74) is 2.57. The predicted octanol–water partition coefficient (Wildman–Crippen LogP) is 4.46. The van der Waals surface area contributed by atoms with E-state index >= 15 is 0 Å². The number of benzene rings is 2. The van der Waals surface area contributed by atoms with Crippen LogP contribution < -0.4 is 4.74 Å². The number of rotatable bonds is 6. The van der Waals surface area contributed by atoms with Crippen LogP contribution in [0.2, 0.25) is 0 Å². The molecule has 1 aliphatic heterocycles. The summed E-state index contributed by atoms with van der Waals surface area (Å²) in [4.78, 5) is 10.7. The van der Waals surface area contributed by atoms with E-state index in [1.807, 2.05) is 48.5 Å². The lowest BCUT2D eigenvalue weighted by molar-refractivity contribution is -0.131. The van der Waals surface area contributed by atoms with Gasteiger partial charge in [-0.2, -0.15) is 0 Å². The van der Waals surface area contributed by atoms with Crippen molar-refractivity contribution in [2.75, 3.05) is 19.8 Å². The topological polar surface area (TPSA) is 65.0 Å². The van der Waals surface area contributed by atoms with Gasteiger partial charge in [-0.3, -0.25) is 0 Å². The van der Waals surface area contributed by atoms with E-state index in [2.05, 4.69) is 20.8 Å². The van der Waals surface area contributed by atoms with Crippen molar-refractivity contribution in [2.24, 2.45) is 5.41 Å². The number of ether oxygens (including phenoxy) is 3. The third-order valence-electron chi connectivity index (χ3n) is 4.29. The minimum atomic E-state index is -0.990. The Morgan fingerprint density at radius 3 is 2.39 bits per heavy atom. The first-order valence-corrected chi connectivity index (χ1v) is 9.31. The van der Waals surface area contributed by atoms with Gasteiger partial charge in [0.1, 0.15) is 5.75 Å². The molecule has 0 amide bonds. The lowest BCUT2D eigenvalue weighted by Crippen LogP contribution is -2.28. The maximum Gasteiger partial charge on any atom is 0.328 e. The molecule has 1 saturated heterocycles. The highest BCUT2D eigenvalue weighted by molar-refractivity contribution is 5.85. The van der Waals surface area contributed by atoms with Gasteiger partial charge in [0.15, 0.2) is 0 Å². The van der Waals surface area contributed by atoms with E-state index < -0.39 is 11.8 Å². The molecule has 0 unspecified atom stereocenters. The molecule has 0 bridgehead atoms. The fourth-order valence-electron chi connectivity index (χ4n) is 2.98. The SMILES string of the molecule is CC(C)(C)COc1cccc(C2(c3ccc(/C=C/C(=O)O)cc3)OCCO2)c1. The molecule has 0 saturated carbocycles. The Balaban J connectivity index is 1.89. The molecule has 5 nitrogen and oxygen atoms in total. The van der Waals surface area contributed by atoms with Crippen molar-refractivity contribution in [1.82, 2.24) is 0 Å². The first-order valence-electron chi connectivity index (χ1n) is 9.31. The summed E-state index contributed by atoms with van der Waals surface area (Å²) >= 11 is 0. The summed E-state index contributed by atoms with van der Waals surface area (Å²) in [5, 5.41) is 8.77. The van der Waals surface area contributed by atoms with Crippen LogP contribution in [-0.4, -0.2) is 30.9 Å². The summed E-state index contributed by atoms with van der Waals surface area (Å²) in [6, 6.07) is 15.3. The Morgan fingerprint density at radius 2 is 1.79 bits per heavy atom. The molecule has 1 aliphatic rings. The third-order valence-corrected chi connectivity index (χ3v) is 4.29. The molecule has 148 valence electrons. The zero-order valence-electron chi connectivity index (χ0n) is 16.5. The van der Waals surface area contributed by atoms with E-state index in [9.17, 15) is 4.79 Å². The molecule has 5 heteroatoms. The van der Waals surface area contributed by atoms with Gasteiger partial charge in [0, 0.05) is 17.2 Å². The maximum absolute atomic E-state index is 10.7. The Bertz CT molecular complexity index is 840. The van der Waals surface area contributed by atoms with E-state index in [1.165, 1.54) is 0 Å². The van der Waals surface area contributed by atoms with E-state index in [4.69, 9.17) is 19.3 Å². The summed E-state index contributed by atoms with van der Waals surface area (Å²) < 4.78 is 18.1. The first kappa shape index (κ1) is 20.1. The Morgan fingerprint density at radius 1 is 1.11 bits per heavy atom. The molecule has 0 spiro atoms. The highest BCUT2D eigenvalue weighted by Gasteiger charge is 2.40. The summed E-state index contributed by atoms with van der Waals surface area (Å²) in [5.74, 6) is -1.20. The molecule has 1 heterocycles. The fraction of sp³-hybridized carbons (Fsp3) is 0.348. The van der Waals surface area contributed by atoms with Crippen LogP contribution in [0.15, 0.2) is 54.6 Å². The zero-order chi connectivity index (χ0) is 20.2. The highest BCUT2D eigenvalue weighted by atomic mass is 16.7. The van der Waals surface area contributed by atoms with Gasteiger partial charge in [-0.15, -0.1) is 0 Å². The molecular weight excluding hydrogens is 356 g/mol. The lowest BCUT2D eigenvalue weighted by Gasteiger charge is -2.29. The van der Waals surface area contributed by atoms with Gasteiger partial charge < -0.3 is 19.3 Å². The van der Waals surface area contributed by atoms with Crippen molar-refractivity contribution in [3.63, 3.8) is 0 Å². The van der Waals surface area contributed by atoms with Gasteiger partial charge >= 0.3 is 5.97 Å². The minimum absolute atomic E-state index is 0.0628. The van der Waals surface area contributed by atoms with Gasteiger partial charge in [-0.05, 0) is 29.2 Å². The zero-order valence-corrected chi connectivity index (χ0v) is 16.5. The second kappa shape index (κ2) is 8.17. The Hall–Kier alpha value is -2.63. The van der Waals surface area contributed by atoms with Crippen LogP contribution in [0.5, 0.6) is 5.75 Å². The average Bonchev–Trinajstić information content (AvgIpc) is 3.16. The second-order valence-corrected chi connectivity index (χ2v) is 7.98. The number of hydrogen-bond acceptors (Lipinski definition) is 4. The smallest absolute Gasteiger partial charge is 0.328 e. The molecule has 1 N–H and O–H groups in total. The van der Waals surface area contributed by atoms with Crippen molar-refractivity contribution < 1.29 is 24.1 Å². The van der Waals surface area contributed by atoms with Crippen molar-refractivity contribution in [3.05, 3.63) is 71.3 Å². The maximum atomic E-state index is 10.7. The number of aliphatic carboxylic acids is 1. The molecule has 0 atom stereocenters. The van der Waals surface area contributed by atoms with E-state index in [0.29, 0.717) is 19.8 Å². The molecule has 0 aliphatic carbocycles. The minimum Gasteiger partial charge on any atom is -0.493 e.